The van der Waals surface area contributed by atoms with Gasteiger partial charge in [-0.2, -0.15) is 0 Å². The molecule has 0 bridgehead atoms. The van der Waals surface area contributed by atoms with Crippen LogP contribution in [0, 0.1) is 0 Å². The molecule has 1 unspecified atom stereocenters. The quantitative estimate of drug-likeness (QED) is 0.330. The highest BCUT2D eigenvalue weighted by molar-refractivity contribution is 6.27. The van der Waals surface area contributed by atoms with Gasteiger partial charge in [-0.3, -0.25) is 0 Å². The summed E-state index contributed by atoms with van der Waals surface area (Å²) in [4.78, 5) is 0. The van der Waals surface area contributed by atoms with E-state index in [4.69, 9.17) is 13.9 Å². The summed E-state index contributed by atoms with van der Waals surface area (Å²) in [6.45, 7) is 6.78. The Morgan fingerprint density at radius 2 is 2.21 bits per heavy atom. The fraction of sp³-hybridized carbons (Fsp3) is 1.00. The molecule has 1 aliphatic heterocycles. The molecule has 1 heterocycles. The van der Waals surface area contributed by atoms with Crippen LogP contribution in [0.2, 0.25) is 6.04 Å². The number of hydrogen-bond acceptors (Lipinski definition) is 3. The van der Waals surface area contributed by atoms with Crippen LogP contribution in [0.3, 0.4) is 0 Å². The Balaban J connectivity index is 1.66. The minimum atomic E-state index is -0.254. The van der Waals surface area contributed by atoms with Gasteiger partial charge in [-0.15, -0.1) is 0 Å². The predicted molar refractivity (Wildman–Crippen MR) is 59.4 cm³/mol. The van der Waals surface area contributed by atoms with E-state index in [0.717, 1.165) is 19.8 Å². The largest absolute Gasteiger partial charge is 0.422 e. The molecule has 1 aliphatic rings. The highest BCUT2D eigenvalue weighted by atomic mass is 28.2. The average Bonchev–Trinajstić information content (AvgIpc) is 2.92. The Labute approximate surface area is 89.1 Å². The van der Waals surface area contributed by atoms with E-state index in [1.165, 1.54) is 18.9 Å². The summed E-state index contributed by atoms with van der Waals surface area (Å²) in [7, 11) is -0.254. The van der Waals surface area contributed by atoms with Gasteiger partial charge in [0.05, 0.1) is 13.2 Å². The molecule has 1 fully saturated rings. The smallest absolute Gasteiger partial charge is 0.161 e. The molecule has 0 radical (unpaired) electrons. The summed E-state index contributed by atoms with van der Waals surface area (Å²) < 4.78 is 16.1. The van der Waals surface area contributed by atoms with Gasteiger partial charge in [-0.1, -0.05) is 6.42 Å². The number of unbranched alkanes of at least 4 members (excludes halogenated alkanes) is 1. The standard InChI is InChI=1S/C10H22O3Si/c1-9(2)13-14-6-4-3-5-11-7-10-8-12-10/h9-10H,3-8,14H2,1-2H3. The molecule has 1 rings (SSSR count). The zero-order chi connectivity index (χ0) is 10.2. The van der Waals surface area contributed by atoms with Crippen molar-refractivity contribution in [3.8, 4) is 0 Å². The van der Waals surface area contributed by atoms with Gasteiger partial charge in [-0.05, 0) is 26.3 Å². The Hall–Kier alpha value is 0.0969. The van der Waals surface area contributed by atoms with Crippen LogP contribution < -0.4 is 0 Å². The highest BCUT2D eigenvalue weighted by Gasteiger charge is 2.21. The van der Waals surface area contributed by atoms with Gasteiger partial charge in [0.1, 0.15) is 6.10 Å². The Morgan fingerprint density at radius 3 is 2.86 bits per heavy atom. The van der Waals surface area contributed by atoms with E-state index in [2.05, 4.69) is 13.8 Å². The van der Waals surface area contributed by atoms with Crippen molar-refractivity contribution in [2.75, 3.05) is 19.8 Å². The van der Waals surface area contributed by atoms with Gasteiger partial charge in [0.2, 0.25) is 0 Å². The molecule has 0 aromatic carbocycles. The van der Waals surface area contributed by atoms with Crippen LogP contribution in [-0.2, 0) is 13.9 Å². The van der Waals surface area contributed by atoms with Crippen LogP contribution in [-0.4, -0.2) is 41.8 Å². The first-order valence-corrected chi connectivity index (χ1v) is 7.17. The van der Waals surface area contributed by atoms with Crippen LogP contribution in [0.1, 0.15) is 26.7 Å². The van der Waals surface area contributed by atoms with Gasteiger partial charge in [-0.25, -0.2) is 0 Å². The minimum absolute atomic E-state index is 0.254. The molecule has 0 aliphatic carbocycles. The van der Waals surface area contributed by atoms with E-state index < -0.39 is 0 Å². The van der Waals surface area contributed by atoms with E-state index in [0.29, 0.717) is 12.2 Å². The van der Waals surface area contributed by atoms with Crippen LogP contribution in [0.15, 0.2) is 0 Å². The molecule has 4 heteroatoms. The molecule has 84 valence electrons. The Morgan fingerprint density at radius 1 is 1.43 bits per heavy atom. The molecule has 1 atom stereocenters. The summed E-state index contributed by atoms with van der Waals surface area (Å²) in [5, 5.41) is 0. The van der Waals surface area contributed by atoms with E-state index in [-0.39, 0.29) is 9.76 Å². The van der Waals surface area contributed by atoms with Crippen molar-refractivity contribution >= 4 is 9.76 Å². The second-order valence-corrected chi connectivity index (χ2v) is 5.46. The van der Waals surface area contributed by atoms with Crippen molar-refractivity contribution in [2.45, 2.75) is 44.9 Å². The van der Waals surface area contributed by atoms with Crippen molar-refractivity contribution in [1.29, 1.82) is 0 Å². The maximum Gasteiger partial charge on any atom is 0.161 e. The first kappa shape index (κ1) is 12.2. The second kappa shape index (κ2) is 7.40. The summed E-state index contributed by atoms with van der Waals surface area (Å²) in [6, 6.07) is 1.28. The lowest BCUT2D eigenvalue weighted by molar-refractivity contribution is 0.114. The van der Waals surface area contributed by atoms with Crippen molar-refractivity contribution in [3.05, 3.63) is 0 Å². The SMILES string of the molecule is CC(C)O[SiH2]CCCCOCC1CO1. The normalized spacial score (nSPS) is 21.2. The van der Waals surface area contributed by atoms with Gasteiger partial charge >= 0.3 is 0 Å². The third-order valence-electron chi connectivity index (χ3n) is 2.09. The number of hydrogen-bond donors (Lipinski definition) is 0. The summed E-state index contributed by atoms with van der Waals surface area (Å²) >= 11 is 0. The van der Waals surface area contributed by atoms with Gasteiger partial charge < -0.3 is 13.9 Å². The zero-order valence-electron chi connectivity index (χ0n) is 9.33. The van der Waals surface area contributed by atoms with Crippen molar-refractivity contribution in [1.82, 2.24) is 0 Å². The van der Waals surface area contributed by atoms with Crippen LogP contribution in [0.25, 0.3) is 0 Å². The Bertz CT molecular complexity index is 129. The first-order chi connectivity index (χ1) is 6.79. The van der Waals surface area contributed by atoms with E-state index >= 15 is 0 Å². The van der Waals surface area contributed by atoms with E-state index in [1.54, 1.807) is 0 Å². The summed E-state index contributed by atoms with van der Waals surface area (Å²) in [5.74, 6) is 0. The van der Waals surface area contributed by atoms with Crippen LogP contribution in [0.5, 0.6) is 0 Å². The lowest BCUT2D eigenvalue weighted by Gasteiger charge is -2.06. The topological polar surface area (TPSA) is 31.0 Å². The molecule has 0 spiro atoms. The molecule has 14 heavy (non-hydrogen) atoms. The fourth-order valence-corrected chi connectivity index (χ4v) is 2.38. The second-order valence-electron chi connectivity index (χ2n) is 4.01. The van der Waals surface area contributed by atoms with Gasteiger partial charge in [0.15, 0.2) is 9.76 Å². The van der Waals surface area contributed by atoms with Crippen LogP contribution >= 0.6 is 0 Å². The lowest BCUT2D eigenvalue weighted by atomic mass is 10.3. The molecular weight excluding hydrogens is 196 g/mol. The molecule has 0 saturated carbocycles. The average molecular weight is 218 g/mol. The third kappa shape index (κ3) is 7.50. The monoisotopic (exact) mass is 218 g/mol. The van der Waals surface area contributed by atoms with Gasteiger partial charge in [0, 0.05) is 12.7 Å². The maximum absolute atomic E-state index is 5.57. The number of rotatable bonds is 9. The molecule has 0 aromatic heterocycles. The number of epoxide rings is 1. The molecule has 1 saturated heterocycles. The summed E-state index contributed by atoms with van der Waals surface area (Å²) in [6.07, 6.45) is 3.25. The molecular formula is C10H22O3Si. The first-order valence-electron chi connectivity index (χ1n) is 5.60. The zero-order valence-corrected chi connectivity index (χ0v) is 10.7. The number of ether oxygens (including phenoxy) is 2. The molecule has 0 amide bonds. The predicted octanol–water partition coefficient (Wildman–Crippen LogP) is 1.11. The molecule has 0 N–H and O–H groups in total. The lowest BCUT2D eigenvalue weighted by Crippen LogP contribution is -2.07. The van der Waals surface area contributed by atoms with E-state index in [1.807, 2.05) is 0 Å². The molecule has 0 aromatic rings. The molecule has 3 nitrogen and oxygen atoms in total. The van der Waals surface area contributed by atoms with Crippen molar-refractivity contribution in [3.63, 3.8) is 0 Å². The van der Waals surface area contributed by atoms with Crippen molar-refractivity contribution in [2.24, 2.45) is 0 Å². The fourth-order valence-electron chi connectivity index (χ4n) is 1.18. The highest BCUT2D eigenvalue weighted by Crippen LogP contribution is 2.08. The Kier molecular flexibility index (Phi) is 6.43. The van der Waals surface area contributed by atoms with E-state index in [9.17, 15) is 0 Å². The van der Waals surface area contributed by atoms with Gasteiger partial charge in [0.25, 0.3) is 0 Å². The third-order valence-corrected chi connectivity index (χ3v) is 3.78. The van der Waals surface area contributed by atoms with Crippen LogP contribution in [0.4, 0.5) is 0 Å². The maximum atomic E-state index is 5.57. The van der Waals surface area contributed by atoms with Crippen molar-refractivity contribution < 1.29 is 13.9 Å². The minimum Gasteiger partial charge on any atom is -0.422 e. The summed E-state index contributed by atoms with van der Waals surface area (Å²) in [5.41, 5.74) is 0.